The van der Waals surface area contributed by atoms with E-state index < -0.39 is 0 Å². The van der Waals surface area contributed by atoms with Gasteiger partial charge in [0.2, 0.25) is 0 Å². The second-order valence-electron chi connectivity index (χ2n) is 6.41. The maximum atomic E-state index is 12.2. The summed E-state index contributed by atoms with van der Waals surface area (Å²) in [4.78, 5) is 16.6. The molecular formula is C15H30N4O. The first-order valence-corrected chi connectivity index (χ1v) is 8.17. The average Bonchev–Trinajstić information content (AvgIpc) is 2.49. The highest BCUT2D eigenvalue weighted by molar-refractivity contribution is 5.74. The second-order valence-corrected chi connectivity index (χ2v) is 6.41. The third kappa shape index (κ3) is 4.63. The van der Waals surface area contributed by atoms with Crippen LogP contribution in [-0.2, 0) is 0 Å². The normalized spacial score (nSPS) is 23.6. The molecule has 2 amide bonds. The van der Waals surface area contributed by atoms with Crippen molar-refractivity contribution in [3.05, 3.63) is 0 Å². The molecule has 0 aromatic carbocycles. The molecule has 3 N–H and O–H groups in total. The Morgan fingerprint density at radius 1 is 1.20 bits per heavy atom. The van der Waals surface area contributed by atoms with Crippen molar-refractivity contribution in [2.75, 3.05) is 39.3 Å². The third-order valence-electron chi connectivity index (χ3n) is 4.56. The van der Waals surface area contributed by atoms with Crippen LogP contribution in [0.4, 0.5) is 4.79 Å². The van der Waals surface area contributed by atoms with E-state index in [1.54, 1.807) is 0 Å². The maximum absolute atomic E-state index is 12.2. The number of rotatable bonds is 4. The molecule has 0 bridgehead atoms. The van der Waals surface area contributed by atoms with E-state index in [9.17, 15) is 4.79 Å². The summed E-state index contributed by atoms with van der Waals surface area (Å²) in [5.74, 6) is 0.539. The van der Waals surface area contributed by atoms with Gasteiger partial charge < -0.3 is 16.0 Å². The molecule has 5 nitrogen and oxygen atoms in total. The van der Waals surface area contributed by atoms with Crippen LogP contribution in [0.3, 0.4) is 0 Å². The standard InChI is InChI=1S/C15H30N4O/c1-13(11-16)12-18-7-9-19(10-8-18)15(20)17-14-5-3-2-4-6-14/h13-14H,2-12,16H2,1H3,(H,17,20). The number of urea groups is 1. The van der Waals surface area contributed by atoms with Gasteiger partial charge in [0, 0.05) is 38.8 Å². The summed E-state index contributed by atoms with van der Waals surface area (Å²) in [6, 6.07) is 0.551. The first-order valence-electron chi connectivity index (χ1n) is 8.17. The van der Waals surface area contributed by atoms with E-state index in [-0.39, 0.29) is 6.03 Å². The lowest BCUT2D eigenvalue weighted by atomic mass is 9.96. The number of piperazine rings is 1. The van der Waals surface area contributed by atoms with E-state index in [1.165, 1.54) is 19.3 Å². The minimum atomic E-state index is 0.142. The van der Waals surface area contributed by atoms with Crippen molar-refractivity contribution in [2.45, 2.75) is 45.1 Å². The molecule has 1 atom stereocenters. The van der Waals surface area contributed by atoms with Gasteiger partial charge in [-0.3, -0.25) is 4.90 Å². The summed E-state index contributed by atoms with van der Waals surface area (Å²) in [5.41, 5.74) is 5.67. The fourth-order valence-corrected chi connectivity index (χ4v) is 3.16. The molecular weight excluding hydrogens is 252 g/mol. The molecule has 0 radical (unpaired) electrons. The summed E-state index contributed by atoms with van der Waals surface area (Å²) < 4.78 is 0. The first-order chi connectivity index (χ1) is 9.69. The third-order valence-corrected chi connectivity index (χ3v) is 4.56. The largest absolute Gasteiger partial charge is 0.335 e. The van der Waals surface area contributed by atoms with Gasteiger partial charge in [-0.15, -0.1) is 0 Å². The van der Waals surface area contributed by atoms with Crippen LogP contribution in [0.2, 0.25) is 0 Å². The quantitative estimate of drug-likeness (QED) is 0.815. The van der Waals surface area contributed by atoms with Gasteiger partial charge in [0.05, 0.1) is 0 Å². The van der Waals surface area contributed by atoms with Crippen molar-refractivity contribution >= 4 is 6.03 Å². The fraction of sp³-hybridized carbons (Fsp3) is 0.933. The van der Waals surface area contributed by atoms with Gasteiger partial charge in [0.1, 0.15) is 0 Å². The fourth-order valence-electron chi connectivity index (χ4n) is 3.16. The van der Waals surface area contributed by atoms with E-state index in [1.807, 2.05) is 4.90 Å². The Labute approximate surface area is 122 Å². The SMILES string of the molecule is CC(CN)CN1CCN(C(=O)NC2CCCCC2)CC1. The minimum Gasteiger partial charge on any atom is -0.335 e. The average molecular weight is 282 g/mol. The topological polar surface area (TPSA) is 61.6 Å². The lowest BCUT2D eigenvalue weighted by Crippen LogP contribution is -2.54. The summed E-state index contributed by atoms with van der Waals surface area (Å²) >= 11 is 0. The molecule has 1 heterocycles. The molecule has 2 aliphatic rings. The van der Waals surface area contributed by atoms with Crippen LogP contribution in [0.15, 0.2) is 0 Å². The van der Waals surface area contributed by atoms with Crippen molar-refractivity contribution < 1.29 is 4.79 Å². The van der Waals surface area contributed by atoms with Gasteiger partial charge in [0.25, 0.3) is 0 Å². The predicted molar refractivity (Wildman–Crippen MR) is 81.6 cm³/mol. The number of hydrogen-bond donors (Lipinski definition) is 2. The molecule has 0 aromatic heterocycles. The molecule has 2 rings (SSSR count). The van der Waals surface area contributed by atoms with Gasteiger partial charge in [-0.1, -0.05) is 26.2 Å². The van der Waals surface area contributed by atoms with E-state index in [0.29, 0.717) is 12.0 Å². The molecule has 0 aromatic rings. The van der Waals surface area contributed by atoms with Gasteiger partial charge in [-0.25, -0.2) is 4.79 Å². The Bertz CT molecular complexity index is 296. The number of amides is 2. The monoisotopic (exact) mass is 282 g/mol. The molecule has 1 saturated carbocycles. The summed E-state index contributed by atoms with van der Waals surface area (Å²) in [7, 11) is 0. The van der Waals surface area contributed by atoms with E-state index >= 15 is 0 Å². The number of nitrogens with two attached hydrogens (primary N) is 1. The predicted octanol–water partition coefficient (Wildman–Crippen LogP) is 1.24. The van der Waals surface area contributed by atoms with E-state index in [2.05, 4.69) is 17.1 Å². The highest BCUT2D eigenvalue weighted by atomic mass is 16.2. The number of carbonyl (C=O) groups is 1. The van der Waals surface area contributed by atoms with Crippen LogP contribution >= 0.6 is 0 Å². The Hall–Kier alpha value is -0.810. The molecule has 0 spiro atoms. The van der Waals surface area contributed by atoms with Crippen LogP contribution in [0, 0.1) is 5.92 Å². The van der Waals surface area contributed by atoms with Crippen LogP contribution in [0.25, 0.3) is 0 Å². The lowest BCUT2D eigenvalue weighted by Gasteiger charge is -2.36. The molecule has 116 valence electrons. The minimum absolute atomic E-state index is 0.142. The van der Waals surface area contributed by atoms with Gasteiger partial charge >= 0.3 is 6.03 Å². The molecule has 1 aliphatic heterocycles. The Balaban J connectivity index is 1.68. The highest BCUT2D eigenvalue weighted by Gasteiger charge is 2.24. The number of nitrogens with zero attached hydrogens (tertiary/aromatic N) is 2. The summed E-state index contributed by atoms with van der Waals surface area (Å²) in [5, 5.41) is 3.20. The first kappa shape index (κ1) is 15.6. The number of nitrogens with one attached hydrogen (secondary N) is 1. The van der Waals surface area contributed by atoms with Crippen molar-refractivity contribution in [3.8, 4) is 0 Å². The highest BCUT2D eigenvalue weighted by Crippen LogP contribution is 2.17. The summed E-state index contributed by atoms with van der Waals surface area (Å²) in [6.07, 6.45) is 6.15. The molecule has 1 aliphatic carbocycles. The van der Waals surface area contributed by atoms with Crippen LogP contribution < -0.4 is 11.1 Å². The zero-order valence-electron chi connectivity index (χ0n) is 12.8. The van der Waals surface area contributed by atoms with Crippen molar-refractivity contribution in [3.63, 3.8) is 0 Å². The van der Waals surface area contributed by atoms with Crippen molar-refractivity contribution in [1.82, 2.24) is 15.1 Å². The molecule has 5 heteroatoms. The molecule has 1 saturated heterocycles. The number of hydrogen-bond acceptors (Lipinski definition) is 3. The van der Waals surface area contributed by atoms with Crippen LogP contribution in [-0.4, -0.2) is 61.1 Å². The van der Waals surface area contributed by atoms with Crippen molar-refractivity contribution in [1.29, 1.82) is 0 Å². The van der Waals surface area contributed by atoms with Crippen molar-refractivity contribution in [2.24, 2.45) is 11.7 Å². The van der Waals surface area contributed by atoms with Gasteiger partial charge in [-0.05, 0) is 25.3 Å². The van der Waals surface area contributed by atoms with Gasteiger partial charge in [0.15, 0.2) is 0 Å². The smallest absolute Gasteiger partial charge is 0.317 e. The summed E-state index contributed by atoms with van der Waals surface area (Å²) in [6.45, 7) is 7.61. The van der Waals surface area contributed by atoms with Crippen LogP contribution in [0.5, 0.6) is 0 Å². The Kier molecular flexibility index (Phi) is 6.10. The molecule has 2 fully saturated rings. The molecule has 1 unspecified atom stereocenters. The number of carbonyl (C=O) groups excluding carboxylic acids is 1. The zero-order valence-corrected chi connectivity index (χ0v) is 12.8. The van der Waals surface area contributed by atoms with Gasteiger partial charge in [-0.2, -0.15) is 0 Å². The molecule has 20 heavy (non-hydrogen) atoms. The van der Waals surface area contributed by atoms with Crippen LogP contribution in [0.1, 0.15) is 39.0 Å². The maximum Gasteiger partial charge on any atom is 0.317 e. The Morgan fingerprint density at radius 3 is 2.45 bits per heavy atom. The second kappa shape index (κ2) is 7.84. The Morgan fingerprint density at radius 2 is 1.85 bits per heavy atom. The van der Waals surface area contributed by atoms with E-state index in [0.717, 1.165) is 52.1 Å². The van der Waals surface area contributed by atoms with E-state index in [4.69, 9.17) is 5.73 Å². The zero-order chi connectivity index (χ0) is 14.4. The lowest BCUT2D eigenvalue weighted by molar-refractivity contribution is 0.127.